The van der Waals surface area contributed by atoms with E-state index in [9.17, 15) is 13.2 Å². The molecule has 0 saturated heterocycles. The molecule has 0 aliphatic carbocycles. The molecule has 0 amide bonds. The molecule has 1 aromatic heterocycles. The number of hydrogen-bond donors (Lipinski definition) is 1. The first-order valence-corrected chi connectivity index (χ1v) is 14.2. The zero-order valence-electron chi connectivity index (χ0n) is 21.3. The maximum Gasteiger partial charge on any atom is 0.264 e. The van der Waals surface area contributed by atoms with E-state index in [1.165, 1.54) is 4.31 Å². The number of benzene rings is 4. The first-order valence-electron chi connectivity index (χ1n) is 12.7. The highest BCUT2D eigenvalue weighted by Gasteiger charge is 2.31. The molecule has 0 bridgehead atoms. The van der Waals surface area contributed by atoms with Gasteiger partial charge in [-0.15, -0.1) is 10.2 Å². The minimum atomic E-state index is -3.68. The second-order valence-corrected chi connectivity index (χ2v) is 11.5. The fourth-order valence-electron chi connectivity index (χ4n) is 4.87. The normalized spacial score (nSPS) is 12.9. The van der Waals surface area contributed by atoms with Gasteiger partial charge in [0.15, 0.2) is 11.6 Å². The molecule has 0 fully saturated rings. The molecular weight excluding hydrogens is 508 g/mol. The van der Waals surface area contributed by atoms with Gasteiger partial charge in [0.2, 0.25) is 0 Å². The summed E-state index contributed by atoms with van der Waals surface area (Å²) in [6, 6.07) is 29.4. The average molecular weight is 535 g/mol. The molecular formula is C31H26N4O3S. The zero-order chi connectivity index (χ0) is 27.0. The topological polar surface area (TPSA) is 96.0 Å². The van der Waals surface area contributed by atoms with Crippen LogP contribution in [0.2, 0.25) is 0 Å². The van der Waals surface area contributed by atoms with Gasteiger partial charge in [0.05, 0.1) is 10.6 Å². The number of H-pyrrole nitrogens is 1. The molecule has 194 valence electrons. The van der Waals surface area contributed by atoms with Crippen molar-refractivity contribution in [2.24, 2.45) is 0 Å². The first-order chi connectivity index (χ1) is 18.9. The SMILES string of the molecule is Cc1ccc(S(=O)(=O)N2CCc3cc(C(=O)c4cccc(-c5nnc(Cc6ccccc6)[nH]5)c4)ccc32)cc1. The number of rotatable bonds is 7. The Morgan fingerprint density at radius 1 is 0.872 bits per heavy atom. The van der Waals surface area contributed by atoms with Crippen molar-refractivity contribution in [1.29, 1.82) is 0 Å². The third-order valence-corrected chi connectivity index (χ3v) is 8.78. The lowest BCUT2D eigenvalue weighted by molar-refractivity contribution is 0.103. The van der Waals surface area contributed by atoms with Crippen LogP contribution >= 0.6 is 0 Å². The number of ketones is 1. The molecule has 6 rings (SSSR count). The molecule has 2 heterocycles. The monoisotopic (exact) mass is 534 g/mol. The minimum Gasteiger partial charge on any atom is -0.325 e. The number of fused-ring (bicyclic) bond motifs is 1. The third-order valence-electron chi connectivity index (χ3n) is 6.95. The third kappa shape index (κ3) is 4.86. The lowest BCUT2D eigenvalue weighted by Gasteiger charge is -2.20. The quantitative estimate of drug-likeness (QED) is 0.284. The van der Waals surface area contributed by atoms with Crippen LogP contribution in [0.4, 0.5) is 5.69 Å². The lowest BCUT2D eigenvalue weighted by Crippen LogP contribution is -2.29. The average Bonchev–Trinajstić information content (AvgIpc) is 3.61. The van der Waals surface area contributed by atoms with Crippen molar-refractivity contribution in [2.45, 2.75) is 24.7 Å². The van der Waals surface area contributed by atoms with Gasteiger partial charge < -0.3 is 4.98 Å². The van der Waals surface area contributed by atoms with Gasteiger partial charge in [0.25, 0.3) is 10.0 Å². The Balaban J connectivity index is 1.23. The number of nitrogens with one attached hydrogen (secondary N) is 1. The van der Waals surface area contributed by atoms with E-state index < -0.39 is 10.0 Å². The van der Waals surface area contributed by atoms with E-state index in [1.54, 1.807) is 54.6 Å². The van der Waals surface area contributed by atoms with Gasteiger partial charge in [0, 0.05) is 29.7 Å². The molecule has 7 nitrogen and oxygen atoms in total. The van der Waals surface area contributed by atoms with Crippen LogP contribution < -0.4 is 4.31 Å². The number of nitrogens with zero attached hydrogens (tertiary/aromatic N) is 3. The molecule has 39 heavy (non-hydrogen) atoms. The van der Waals surface area contributed by atoms with Crippen molar-refractivity contribution >= 4 is 21.5 Å². The molecule has 4 aromatic carbocycles. The first kappa shape index (κ1) is 24.8. The number of sulfonamides is 1. The second-order valence-electron chi connectivity index (χ2n) is 9.68. The second kappa shape index (κ2) is 9.96. The summed E-state index contributed by atoms with van der Waals surface area (Å²) in [7, 11) is -3.68. The number of anilines is 1. The van der Waals surface area contributed by atoms with Gasteiger partial charge in [-0.05, 0) is 60.9 Å². The highest BCUT2D eigenvalue weighted by atomic mass is 32.2. The van der Waals surface area contributed by atoms with E-state index in [4.69, 9.17) is 0 Å². The van der Waals surface area contributed by atoms with Crippen LogP contribution in [0.3, 0.4) is 0 Å². The van der Waals surface area contributed by atoms with Gasteiger partial charge in [-0.25, -0.2) is 8.42 Å². The maximum absolute atomic E-state index is 13.4. The summed E-state index contributed by atoms with van der Waals surface area (Å²) in [5.41, 5.74) is 5.40. The summed E-state index contributed by atoms with van der Waals surface area (Å²) in [6.07, 6.45) is 1.18. The number of carbonyl (C=O) groups is 1. The Morgan fingerprint density at radius 3 is 2.44 bits per heavy atom. The van der Waals surface area contributed by atoms with Gasteiger partial charge in [-0.3, -0.25) is 9.10 Å². The van der Waals surface area contributed by atoms with Crippen LogP contribution in [0.1, 0.15) is 38.4 Å². The number of aromatic nitrogens is 3. The molecule has 0 unspecified atom stereocenters. The highest BCUT2D eigenvalue weighted by Crippen LogP contribution is 2.34. The summed E-state index contributed by atoms with van der Waals surface area (Å²) < 4.78 is 28.0. The van der Waals surface area contributed by atoms with Gasteiger partial charge in [-0.1, -0.05) is 66.2 Å². The Bertz CT molecular complexity index is 1780. The zero-order valence-corrected chi connectivity index (χ0v) is 22.2. The number of hydrogen-bond acceptors (Lipinski definition) is 5. The van der Waals surface area contributed by atoms with E-state index >= 15 is 0 Å². The molecule has 8 heteroatoms. The number of carbonyl (C=O) groups excluding carboxylic acids is 1. The summed E-state index contributed by atoms with van der Waals surface area (Å²) >= 11 is 0. The van der Waals surface area contributed by atoms with E-state index in [-0.39, 0.29) is 10.7 Å². The largest absolute Gasteiger partial charge is 0.325 e. The number of aryl methyl sites for hydroxylation is 1. The molecule has 0 atom stereocenters. The molecule has 5 aromatic rings. The predicted molar refractivity (Wildman–Crippen MR) is 150 cm³/mol. The maximum atomic E-state index is 13.4. The molecule has 1 aliphatic rings. The fourth-order valence-corrected chi connectivity index (χ4v) is 6.37. The summed E-state index contributed by atoms with van der Waals surface area (Å²) in [6.45, 7) is 2.26. The van der Waals surface area contributed by atoms with Crippen LogP contribution in [0.5, 0.6) is 0 Å². The van der Waals surface area contributed by atoms with Crippen molar-refractivity contribution in [1.82, 2.24) is 15.2 Å². The lowest BCUT2D eigenvalue weighted by atomic mass is 9.99. The van der Waals surface area contributed by atoms with Gasteiger partial charge in [-0.2, -0.15) is 0 Å². The summed E-state index contributed by atoms with van der Waals surface area (Å²) in [5, 5.41) is 8.55. The van der Waals surface area contributed by atoms with Crippen LogP contribution in [-0.4, -0.2) is 35.9 Å². The molecule has 0 radical (unpaired) electrons. The van der Waals surface area contributed by atoms with Crippen LogP contribution in [0.15, 0.2) is 102 Å². The highest BCUT2D eigenvalue weighted by molar-refractivity contribution is 7.92. The van der Waals surface area contributed by atoms with E-state index in [0.717, 1.165) is 28.1 Å². The molecule has 1 N–H and O–H groups in total. The molecule has 0 saturated carbocycles. The minimum absolute atomic E-state index is 0.136. The van der Waals surface area contributed by atoms with Gasteiger partial charge in [0.1, 0.15) is 5.82 Å². The predicted octanol–water partition coefficient (Wildman–Crippen LogP) is 5.35. The Kier molecular flexibility index (Phi) is 6.32. The molecule has 1 aliphatic heterocycles. The smallest absolute Gasteiger partial charge is 0.264 e. The standard InChI is InChI=1S/C31H26N4O3S/c1-21-10-13-27(14-11-21)39(37,38)35-17-16-23-19-25(12-15-28(23)35)30(36)24-8-5-9-26(20-24)31-32-29(33-34-31)18-22-6-3-2-4-7-22/h2-15,19-20H,16-18H2,1H3,(H,32,33,34). The van der Waals surface area contributed by atoms with Crippen molar-refractivity contribution in [3.8, 4) is 11.4 Å². The Hall–Kier alpha value is -4.56. The molecule has 0 spiro atoms. The van der Waals surface area contributed by atoms with Gasteiger partial charge >= 0.3 is 0 Å². The van der Waals surface area contributed by atoms with Crippen molar-refractivity contribution in [3.63, 3.8) is 0 Å². The Morgan fingerprint density at radius 2 is 1.64 bits per heavy atom. The van der Waals surface area contributed by atoms with Crippen molar-refractivity contribution in [3.05, 3.63) is 131 Å². The summed E-state index contributed by atoms with van der Waals surface area (Å²) in [5.74, 6) is 1.21. The fraction of sp³-hybridized carbons (Fsp3) is 0.129. The van der Waals surface area contributed by atoms with E-state index in [2.05, 4.69) is 15.2 Å². The van der Waals surface area contributed by atoms with Crippen molar-refractivity contribution in [2.75, 3.05) is 10.8 Å². The van der Waals surface area contributed by atoms with E-state index in [1.807, 2.05) is 49.4 Å². The van der Waals surface area contributed by atoms with Crippen LogP contribution in [-0.2, 0) is 22.9 Å². The number of aromatic amines is 1. The Labute approximate surface area is 227 Å². The van der Waals surface area contributed by atoms with Crippen LogP contribution in [0.25, 0.3) is 11.4 Å². The van der Waals surface area contributed by atoms with Crippen molar-refractivity contribution < 1.29 is 13.2 Å². The summed E-state index contributed by atoms with van der Waals surface area (Å²) in [4.78, 5) is 16.9. The van der Waals surface area contributed by atoms with Crippen LogP contribution in [0, 0.1) is 6.92 Å². The van der Waals surface area contributed by atoms with E-state index in [0.29, 0.717) is 42.0 Å².